The van der Waals surface area contributed by atoms with Gasteiger partial charge in [-0.2, -0.15) is 0 Å². The fourth-order valence-electron chi connectivity index (χ4n) is 3.38. The lowest BCUT2D eigenvalue weighted by Gasteiger charge is -2.53. The number of ether oxygens (including phenoxy) is 1. The van der Waals surface area contributed by atoms with Crippen LogP contribution in [0.25, 0.3) is 11.1 Å². The summed E-state index contributed by atoms with van der Waals surface area (Å²) < 4.78 is 5.31. The minimum Gasteiger partial charge on any atom is -0.462 e. The van der Waals surface area contributed by atoms with Gasteiger partial charge in [-0.25, -0.2) is 0 Å². The summed E-state index contributed by atoms with van der Waals surface area (Å²) in [6.45, 7) is 0.816. The molecule has 0 aliphatic heterocycles. The van der Waals surface area contributed by atoms with Gasteiger partial charge in [-0.15, -0.1) is 0 Å². The molecule has 0 spiro atoms. The van der Waals surface area contributed by atoms with Crippen LogP contribution in [0.4, 0.5) is 5.69 Å². The maximum Gasteiger partial charge on any atom is 0.229 e. The minimum absolute atomic E-state index is 0.169. The largest absolute Gasteiger partial charge is 0.462 e. The summed E-state index contributed by atoms with van der Waals surface area (Å²) >= 11 is 0. The van der Waals surface area contributed by atoms with Gasteiger partial charge in [0.05, 0.1) is 12.7 Å². The van der Waals surface area contributed by atoms with Crippen molar-refractivity contribution in [2.45, 2.75) is 31.0 Å². The van der Waals surface area contributed by atoms with Crippen molar-refractivity contribution in [3.8, 4) is 16.9 Å². The highest BCUT2D eigenvalue weighted by atomic mass is 16.6. The molecule has 0 bridgehead atoms. The van der Waals surface area contributed by atoms with E-state index >= 15 is 0 Å². The highest BCUT2D eigenvalue weighted by Gasteiger charge is 2.65. The Bertz CT molecular complexity index is 841. The van der Waals surface area contributed by atoms with E-state index in [0.29, 0.717) is 5.69 Å². The molecule has 5 unspecified atom stereocenters. The number of rotatable bonds is 6. The Morgan fingerprint density at radius 2 is 1.86 bits per heavy atom. The van der Waals surface area contributed by atoms with Crippen molar-refractivity contribution < 1.29 is 35.1 Å². The molecule has 1 aliphatic carbocycles. The normalized spacial score (nSPS) is 27.6. The summed E-state index contributed by atoms with van der Waals surface area (Å²) in [5.41, 5.74) is 0.185. The molecule has 8 nitrogen and oxygen atoms in total. The van der Waals surface area contributed by atoms with Crippen LogP contribution in [-0.4, -0.2) is 62.1 Å². The monoisotopic (exact) mass is 389 g/mol. The lowest BCUT2D eigenvalue weighted by molar-refractivity contribution is -0.332. The number of nitrogens with one attached hydrogen (secondary N) is 1. The van der Waals surface area contributed by atoms with Crippen LogP contribution in [0.3, 0.4) is 0 Å². The smallest absolute Gasteiger partial charge is 0.229 e. The predicted octanol–water partition coefficient (Wildman–Crippen LogP) is 0.0842. The molecule has 2 aromatic rings. The highest BCUT2D eigenvalue weighted by molar-refractivity contribution is 5.89. The molecule has 1 fully saturated rings. The van der Waals surface area contributed by atoms with E-state index in [4.69, 9.17) is 4.74 Å². The molecule has 0 saturated heterocycles. The first-order chi connectivity index (χ1) is 13.3. The number of carbonyl (C=O) groups excluding carboxylic acids is 1. The second kappa shape index (κ2) is 7.86. The first-order valence-electron chi connectivity index (χ1n) is 8.79. The van der Waals surface area contributed by atoms with Crippen LogP contribution in [0.5, 0.6) is 5.75 Å². The number of carbonyl (C=O) groups is 1. The Morgan fingerprint density at radius 3 is 2.46 bits per heavy atom. The maximum atomic E-state index is 11.2. The molecular weight excluding hydrogens is 366 g/mol. The van der Waals surface area contributed by atoms with Crippen LogP contribution >= 0.6 is 0 Å². The average molecular weight is 389 g/mol. The first-order valence-corrected chi connectivity index (χ1v) is 8.79. The Balaban J connectivity index is 1.72. The van der Waals surface area contributed by atoms with Gasteiger partial charge in [-0.05, 0) is 35.4 Å². The van der Waals surface area contributed by atoms with Crippen molar-refractivity contribution in [1.29, 1.82) is 0 Å². The molecule has 0 aromatic heterocycles. The van der Waals surface area contributed by atoms with E-state index in [1.807, 2.05) is 18.2 Å². The fraction of sp³-hybridized carbons (Fsp3) is 0.350. The third kappa shape index (κ3) is 3.60. The molecule has 1 aliphatic rings. The standard InChI is InChI=1S/C20H23NO7/c1-11(23)21-14-4-2-3-13(9-14)12-5-7-15(8-6-12)28-19(26)20(27)16(10-22)17(24)18(20)25/h2-9,16-19,22,24-27H,10H2,1H3,(H,21,23). The van der Waals surface area contributed by atoms with Crippen LogP contribution in [0.15, 0.2) is 48.5 Å². The molecule has 28 heavy (non-hydrogen) atoms. The molecule has 6 N–H and O–H groups in total. The second-order valence-electron chi connectivity index (χ2n) is 6.87. The Morgan fingerprint density at radius 1 is 1.18 bits per heavy atom. The van der Waals surface area contributed by atoms with Crippen molar-refractivity contribution in [3.05, 3.63) is 48.5 Å². The van der Waals surface area contributed by atoms with Crippen molar-refractivity contribution in [2.75, 3.05) is 11.9 Å². The van der Waals surface area contributed by atoms with E-state index in [1.54, 1.807) is 30.3 Å². The van der Waals surface area contributed by atoms with E-state index in [0.717, 1.165) is 11.1 Å². The number of aliphatic hydroxyl groups is 5. The van der Waals surface area contributed by atoms with Crippen LogP contribution < -0.4 is 10.1 Å². The fourth-order valence-corrected chi connectivity index (χ4v) is 3.38. The number of hydrogen-bond acceptors (Lipinski definition) is 7. The van der Waals surface area contributed by atoms with E-state index in [1.165, 1.54) is 6.92 Å². The van der Waals surface area contributed by atoms with Gasteiger partial charge in [0, 0.05) is 18.5 Å². The molecule has 1 saturated carbocycles. The highest BCUT2D eigenvalue weighted by Crippen LogP contribution is 2.42. The van der Waals surface area contributed by atoms with Crippen LogP contribution in [0.1, 0.15) is 6.92 Å². The molecule has 150 valence electrons. The number of benzene rings is 2. The van der Waals surface area contributed by atoms with Crippen molar-refractivity contribution in [3.63, 3.8) is 0 Å². The van der Waals surface area contributed by atoms with Gasteiger partial charge in [0.15, 0.2) is 5.60 Å². The van der Waals surface area contributed by atoms with Crippen molar-refractivity contribution >= 4 is 11.6 Å². The zero-order valence-corrected chi connectivity index (χ0v) is 15.2. The predicted molar refractivity (Wildman–Crippen MR) is 100 cm³/mol. The summed E-state index contributed by atoms with van der Waals surface area (Å²) in [7, 11) is 0. The second-order valence-corrected chi connectivity index (χ2v) is 6.87. The summed E-state index contributed by atoms with van der Waals surface area (Å²) in [6, 6.07) is 13.9. The van der Waals surface area contributed by atoms with Gasteiger partial charge < -0.3 is 35.6 Å². The van der Waals surface area contributed by atoms with Crippen LogP contribution in [-0.2, 0) is 4.79 Å². The average Bonchev–Trinajstić information content (AvgIpc) is 2.68. The van der Waals surface area contributed by atoms with Crippen molar-refractivity contribution in [1.82, 2.24) is 0 Å². The first kappa shape index (κ1) is 20.2. The van der Waals surface area contributed by atoms with E-state index in [-0.39, 0.29) is 11.7 Å². The van der Waals surface area contributed by atoms with Crippen LogP contribution in [0, 0.1) is 5.92 Å². The molecule has 3 rings (SSSR count). The van der Waals surface area contributed by atoms with Crippen molar-refractivity contribution in [2.24, 2.45) is 5.92 Å². The molecular formula is C20H23NO7. The molecule has 1 amide bonds. The van der Waals surface area contributed by atoms with E-state index < -0.39 is 36.6 Å². The summed E-state index contributed by atoms with van der Waals surface area (Å²) in [5, 5.41) is 51.9. The zero-order chi connectivity index (χ0) is 20.5. The zero-order valence-electron chi connectivity index (χ0n) is 15.2. The number of aliphatic hydroxyl groups excluding tert-OH is 4. The minimum atomic E-state index is -2.17. The number of hydrogen-bond donors (Lipinski definition) is 6. The maximum absolute atomic E-state index is 11.2. The quantitative estimate of drug-likeness (QED) is 0.385. The number of amides is 1. The van der Waals surface area contributed by atoms with Gasteiger partial charge in [-0.1, -0.05) is 24.3 Å². The van der Waals surface area contributed by atoms with Gasteiger partial charge in [0.1, 0.15) is 11.9 Å². The lowest BCUT2D eigenvalue weighted by atomic mass is 9.64. The molecule has 8 heteroatoms. The molecule has 5 atom stereocenters. The van der Waals surface area contributed by atoms with Crippen LogP contribution in [0.2, 0.25) is 0 Å². The number of anilines is 1. The Labute approximate surface area is 161 Å². The third-order valence-electron chi connectivity index (χ3n) is 5.01. The molecule has 0 heterocycles. The lowest BCUT2D eigenvalue weighted by Crippen LogP contribution is -2.76. The third-order valence-corrected chi connectivity index (χ3v) is 5.01. The Kier molecular flexibility index (Phi) is 5.69. The van der Waals surface area contributed by atoms with Gasteiger partial charge in [-0.3, -0.25) is 4.79 Å². The summed E-state index contributed by atoms with van der Waals surface area (Å²) in [4.78, 5) is 11.2. The summed E-state index contributed by atoms with van der Waals surface area (Å²) in [5.74, 6) is -1.06. The van der Waals surface area contributed by atoms with Gasteiger partial charge in [0.2, 0.25) is 12.2 Å². The van der Waals surface area contributed by atoms with E-state index in [2.05, 4.69) is 5.32 Å². The summed E-state index contributed by atoms with van der Waals surface area (Å²) in [6.07, 6.45) is -4.81. The topological polar surface area (TPSA) is 139 Å². The molecule has 0 radical (unpaired) electrons. The molecule has 2 aromatic carbocycles. The Hall–Kier alpha value is -2.49. The van der Waals surface area contributed by atoms with Gasteiger partial charge >= 0.3 is 0 Å². The SMILES string of the molecule is CC(=O)Nc1cccc(-c2ccc(OC(O)C3(O)C(O)C(O)C3CO)cc2)c1. The van der Waals surface area contributed by atoms with Gasteiger partial charge in [0.25, 0.3) is 0 Å². The van der Waals surface area contributed by atoms with E-state index in [9.17, 15) is 30.3 Å².